The average molecular weight is 225 g/mol. The molecule has 5 nitrogen and oxygen atoms in total. The number of carbonyl (C=O) groups is 1. The Morgan fingerprint density at radius 2 is 2.14 bits per heavy atom. The van der Waals surface area contributed by atoms with Crippen LogP contribution < -0.4 is 51.4 Å². The number of hydrogen-bond acceptors (Lipinski definition) is 3. The van der Waals surface area contributed by atoms with Crippen LogP contribution in [0.5, 0.6) is 0 Å². The summed E-state index contributed by atoms with van der Waals surface area (Å²) in [6.07, 6.45) is 0. The third kappa shape index (κ3) is 3.10. The summed E-state index contributed by atoms with van der Waals surface area (Å²) in [7, 11) is 0. The minimum Gasteiger partial charge on any atom is -1.00 e. The van der Waals surface area contributed by atoms with Crippen molar-refractivity contribution in [1.82, 2.24) is 0 Å². The first-order valence-electron chi connectivity index (χ1n) is 3.19. The number of nitro benzene ring substituents is 1. The van der Waals surface area contributed by atoms with Crippen molar-refractivity contribution in [2.45, 2.75) is 0 Å². The Labute approximate surface area is 122 Å². The van der Waals surface area contributed by atoms with Gasteiger partial charge in [-0.15, -0.1) is 0 Å². The first kappa shape index (κ1) is 13.7. The van der Waals surface area contributed by atoms with Crippen LogP contribution in [0.25, 0.3) is 0 Å². The smallest absolute Gasteiger partial charge is 1.00 e. The van der Waals surface area contributed by atoms with Crippen LogP contribution in [0.2, 0.25) is 0 Å². The number of aromatic carboxylic acids is 1. The second kappa shape index (κ2) is 5.52. The molecule has 1 rings (SSSR count). The second-order valence-corrected chi connectivity index (χ2v) is 2.22. The molecule has 0 unspecified atom stereocenters. The van der Waals surface area contributed by atoms with Gasteiger partial charge in [0.25, 0.3) is 5.69 Å². The Morgan fingerprint density at radius 1 is 1.57 bits per heavy atom. The minimum absolute atomic E-state index is 0. The van der Waals surface area contributed by atoms with Gasteiger partial charge in [-0.05, 0) is 12.1 Å². The van der Waals surface area contributed by atoms with Gasteiger partial charge in [0.15, 0.2) is 0 Å². The Hall–Kier alpha value is -0.344. The van der Waals surface area contributed by atoms with Gasteiger partial charge in [0.2, 0.25) is 0 Å². The van der Waals surface area contributed by atoms with E-state index in [0.29, 0.717) is 6.07 Å². The van der Waals surface area contributed by atoms with Crippen LogP contribution >= 0.6 is 0 Å². The van der Waals surface area contributed by atoms with Gasteiger partial charge in [0.05, 0.1) is 4.92 Å². The molecule has 0 saturated carbocycles. The van der Waals surface area contributed by atoms with E-state index in [9.17, 15) is 19.3 Å². The van der Waals surface area contributed by atoms with Crippen LogP contribution in [-0.2, 0) is 0 Å². The van der Waals surface area contributed by atoms with Crippen molar-refractivity contribution in [3.63, 3.8) is 0 Å². The summed E-state index contributed by atoms with van der Waals surface area (Å²) in [5.41, 5.74) is -1.26. The Balaban J connectivity index is 0. The van der Waals surface area contributed by atoms with E-state index in [1.807, 2.05) is 0 Å². The molecule has 1 N–H and O–H groups in total. The van der Waals surface area contributed by atoms with E-state index in [2.05, 4.69) is 0 Å². The van der Waals surface area contributed by atoms with Crippen molar-refractivity contribution in [3.05, 3.63) is 39.7 Å². The fourth-order valence-corrected chi connectivity index (χ4v) is 0.839. The number of hydrogen-bond donors (Lipinski definition) is 1. The standard InChI is InChI=1S/C7H4FNO4.K.H/c8-4-1-2-6(9(12)13)5(3-4)7(10)11;;/h1-3H,(H,10,11);;/q;+1;-1. The van der Waals surface area contributed by atoms with Gasteiger partial charge in [-0.1, -0.05) is 0 Å². The largest absolute Gasteiger partial charge is 1.00 e. The van der Waals surface area contributed by atoms with Gasteiger partial charge in [0.1, 0.15) is 11.4 Å². The third-order valence-electron chi connectivity index (χ3n) is 1.39. The normalized spacial score (nSPS) is 8.93. The zero-order valence-corrected chi connectivity index (χ0v) is 10.4. The number of benzene rings is 1. The monoisotopic (exact) mass is 225 g/mol. The van der Waals surface area contributed by atoms with E-state index >= 15 is 0 Å². The molecule has 0 saturated heterocycles. The molecule has 0 heterocycles. The van der Waals surface area contributed by atoms with E-state index < -0.39 is 28.0 Å². The van der Waals surface area contributed by atoms with Crippen molar-refractivity contribution in [1.29, 1.82) is 0 Å². The molecule has 0 aromatic heterocycles. The van der Waals surface area contributed by atoms with Crippen LogP contribution in [0.3, 0.4) is 0 Å². The van der Waals surface area contributed by atoms with Gasteiger partial charge in [0, 0.05) is 6.07 Å². The number of carboxylic acids is 1. The van der Waals surface area contributed by atoms with Crippen LogP contribution in [0.4, 0.5) is 10.1 Å². The average Bonchev–Trinajstić information content (AvgIpc) is 2.03. The Morgan fingerprint density at radius 3 is 2.57 bits per heavy atom. The quantitative estimate of drug-likeness (QED) is 0.379. The molecule has 0 aliphatic rings. The predicted octanol–water partition coefficient (Wildman–Crippen LogP) is -1.45. The summed E-state index contributed by atoms with van der Waals surface area (Å²) in [5.74, 6) is -2.34. The van der Waals surface area contributed by atoms with Gasteiger partial charge in [-0.25, -0.2) is 9.18 Å². The number of halogens is 1. The topological polar surface area (TPSA) is 80.4 Å². The van der Waals surface area contributed by atoms with Crippen LogP contribution in [0.15, 0.2) is 18.2 Å². The predicted molar refractivity (Wildman–Crippen MR) is 41.1 cm³/mol. The van der Waals surface area contributed by atoms with Gasteiger partial charge in [-0.3, -0.25) is 10.1 Å². The minimum atomic E-state index is -1.52. The summed E-state index contributed by atoms with van der Waals surface area (Å²) in [6, 6.07) is 2.27. The van der Waals surface area contributed by atoms with Gasteiger partial charge in [-0.2, -0.15) is 0 Å². The van der Waals surface area contributed by atoms with E-state index in [1.165, 1.54) is 0 Å². The van der Waals surface area contributed by atoms with Crippen molar-refractivity contribution < 1.29 is 72.0 Å². The SMILES string of the molecule is O=C(O)c1cc(F)ccc1[N+](=O)[O-].[H-].[K+]. The summed E-state index contributed by atoms with van der Waals surface area (Å²) in [5, 5.41) is 18.7. The molecule has 0 fully saturated rings. The van der Waals surface area contributed by atoms with Crippen molar-refractivity contribution in [2.75, 3.05) is 0 Å². The molecule has 7 heteroatoms. The number of nitrogens with zero attached hydrogens (tertiary/aromatic N) is 1. The number of nitro groups is 1. The molecule has 0 aliphatic heterocycles. The van der Waals surface area contributed by atoms with E-state index in [1.54, 1.807) is 0 Å². The van der Waals surface area contributed by atoms with Gasteiger partial charge >= 0.3 is 57.4 Å². The van der Waals surface area contributed by atoms with Crippen LogP contribution in [0.1, 0.15) is 11.8 Å². The third-order valence-corrected chi connectivity index (χ3v) is 1.39. The summed E-state index contributed by atoms with van der Waals surface area (Å²) < 4.78 is 12.5. The maximum Gasteiger partial charge on any atom is 1.00 e. The molecule has 14 heavy (non-hydrogen) atoms. The Kier molecular flexibility index (Phi) is 5.38. The molecule has 70 valence electrons. The first-order chi connectivity index (χ1) is 6.02. The molecule has 1 aromatic rings. The Bertz CT molecular complexity index is 387. The molecular formula is C7H5FKNO4. The van der Waals surface area contributed by atoms with Crippen molar-refractivity contribution >= 4 is 11.7 Å². The zero-order valence-electron chi connectivity index (χ0n) is 8.23. The molecular weight excluding hydrogens is 220 g/mol. The first-order valence-corrected chi connectivity index (χ1v) is 3.19. The van der Waals surface area contributed by atoms with Crippen LogP contribution in [-0.4, -0.2) is 16.0 Å². The maximum absolute atomic E-state index is 12.5. The van der Waals surface area contributed by atoms with E-state index in [0.717, 1.165) is 12.1 Å². The number of carboxylic acid groups (broad SMARTS) is 1. The maximum atomic E-state index is 12.5. The molecule has 0 bridgehead atoms. The van der Waals surface area contributed by atoms with Gasteiger partial charge < -0.3 is 6.53 Å². The van der Waals surface area contributed by atoms with E-state index in [4.69, 9.17) is 5.11 Å². The molecule has 0 spiro atoms. The molecule has 0 radical (unpaired) electrons. The summed E-state index contributed by atoms with van der Waals surface area (Å²) in [6.45, 7) is 0. The molecule has 0 atom stereocenters. The molecule has 0 aliphatic carbocycles. The fourth-order valence-electron chi connectivity index (χ4n) is 0.839. The van der Waals surface area contributed by atoms with E-state index in [-0.39, 0.29) is 52.8 Å². The van der Waals surface area contributed by atoms with Crippen LogP contribution in [0, 0.1) is 15.9 Å². The number of rotatable bonds is 2. The fraction of sp³-hybridized carbons (Fsp3) is 0. The summed E-state index contributed by atoms with van der Waals surface area (Å²) >= 11 is 0. The van der Waals surface area contributed by atoms with Crippen molar-refractivity contribution in [3.8, 4) is 0 Å². The molecule has 1 aromatic carbocycles. The summed E-state index contributed by atoms with van der Waals surface area (Å²) in [4.78, 5) is 19.8. The zero-order chi connectivity index (χ0) is 10.0. The van der Waals surface area contributed by atoms with Crippen molar-refractivity contribution in [2.24, 2.45) is 0 Å². The second-order valence-electron chi connectivity index (χ2n) is 2.22. The molecule has 0 amide bonds.